The number of aliphatic hydroxyl groups is 1. The molecule has 0 spiro atoms. The van der Waals surface area contributed by atoms with Gasteiger partial charge < -0.3 is 10.4 Å². The molecule has 18 heavy (non-hydrogen) atoms. The topological polar surface area (TPSA) is 32.3 Å². The molecule has 0 saturated heterocycles. The van der Waals surface area contributed by atoms with Crippen LogP contribution in [0.5, 0.6) is 0 Å². The maximum absolute atomic E-state index is 10.4. The van der Waals surface area contributed by atoms with Gasteiger partial charge in [-0.2, -0.15) is 0 Å². The van der Waals surface area contributed by atoms with Crippen LogP contribution in [0.4, 0.5) is 5.69 Å². The van der Waals surface area contributed by atoms with Crippen LogP contribution in [0.25, 0.3) is 0 Å². The molecule has 2 atom stereocenters. The van der Waals surface area contributed by atoms with Crippen LogP contribution in [0.1, 0.15) is 17.2 Å². The monoisotopic (exact) mass is 259 g/mol. The van der Waals surface area contributed by atoms with Gasteiger partial charge in [0.05, 0.1) is 12.1 Å². The molecule has 2 N–H and O–H groups in total. The summed E-state index contributed by atoms with van der Waals surface area (Å²) >= 11 is 5.85. The van der Waals surface area contributed by atoms with Gasteiger partial charge in [-0.05, 0) is 35.7 Å². The van der Waals surface area contributed by atoms with Crippen LogP contribution in [-0.4, -0.2) is 11.1 Å². The summed E-state index contributed by atoms with van der Waals surface area (Å²) in [4.78, 5) is 0. The molecular weight excluding hydrogens is 246 g/mol. The first-order valence-corrected chi connectivity index (χ1v) is 6.40. The van der Waals surface area contributed by atoms with E-state index in [1.165, 1.54) is 5.56 Å². The molecule has 2 nitrogen and oxygen atoms in total. The van der Waals surface area contributed by atoms with Gasteiger partial charge in [-0.25, -0.2) is 0 Å². The van der Waals surface area contributed by atoms with Crippen molar-refractivity contribution in [2.24, 2.45) is 0 Å². The normalized spacial score (nSPS) is 19.1. The minimum atomic E-state index is -0.519. The van der Waals surface area contributed by atoms with E-state index < -0.39 is 6.10 Å². The van der Waals surface area contributed by atoms with E-state index in [4.69, 9.17) is 11.6 Å². The summed E-state index contributed by atoms with van der Waals surface area (Å²) < 4.78 is 0. The number of nitrogens with one attached hydrogen (secondary N) is 1. The van der Waals surface area contributed by atoms with Gasteiger partial charge in [0.15, 0.2) is 0 Å². The SMILES string of the molecule is OC(c1ccc(Cl)cc1)C1Cc2ccccc2N1. The summed E-state index contributed by atoms with van der Waals surface area (Å²) in [6, 6.07) is 15.6. The molecule has 0 amide bonds. The van der Waals surface area contributed by atoms with Crippen LogP contribution in [0.3, 0.4) is 0 Å². The predicted molar refractivity (Wildman–Crippen MR) is 74.0 cm³/mol. The lowest BCUT2D eigenvalue weighted by atomic mass is 9.99. The number of fused-ring (bicyclic) bond motifs is 1. The third kappa shape index (κ3) is 2.09. The summed E-state index contributed by atoms with van der Waals surface area (Å²) in [6.45, 7) is 0. The van der Waals surface area contributed by atoms with Gasteiger partial charge in [0, 0.05) is 10.7 Å². The van der Waals surface area contributed by atoms with E-state index in [0.717, 1.165) is 17.7 Å². The number of halogens is 1. The van der Waals surface area contributed by atoms with Gasteiger partial charge >= 0.3 is 0 Å². The molecule has 2 aromatic carbocycles. The van der Waals surface area contributed by atoms with E-state index in [1.54, 1.807) is 0 Å². The summed E-state index contributed by atoms with van der Waals surface area (Å²) in [5.74, 6) is 0. The van der Waals surface area contributed by atoms with Crippen LogP contribution in [0.2, 0.25) is 5.02 Å². The van der Waals surface area contributed by atoms with Crippen LogP contribution in [0.15, 0.2) is 48.5 Å². The van der Waals surface area contributed by atoms with Crippen LogP contribution in [0, 0.1) is 0 Å². The second-order valence-corrected chi connectivity index (χ2v) is 5.04. The van der Waals surface area contributed by atoms with Crippen molar-refractivity contribution in [1.82, 2.24) is 0 Å². The van der Waals surface area contributed by atoms with Crippen molar-refractivity contribution in [3.63, 3.8) is 0 Å². The zero-order chi connectivity index (χ0) is 12.5. The van der Waals surface area contributed by atoms with Crippen molar-refractivity contribution < 1.29 is 5.11 Å². The second kappa shape index (κ2) is 4.63. The number of benzene rings is 2. The summed E-state index contributed by atoms with van der Waals surface area (Å²) in [5.41, 5.74) is 3.27. The average Bonchev–Trinajstić information content (AvgIpc) is 2.82. The fourth-order valence-electron chi connectivity index (χ4n) is 2.41. The number of rotatable bonds is 2. The van der Waals surface area contributed by atoms with Crippen LogP contribution < -0.4 is 5.32 Å². The Morgan fingerprint density at radius 2 is 1.83 bits per heavy atom. The Labute approximate surface area is 111 Å². The molecular formula is C15H14ClNO. The Bertz CT molecular complexity index is 528. The molecule has 2 aromatic rings. The van der Waals surface area contributed by atoms with Gasteiger partial charge in [0.1, 0.15) is 0 Å². The van der Waals surface area contributed by atoms with Crippen molar-refractivity contribution in [3.8, 4) is 0 Å². The lowest BCUT2D eigenvalue weighted by Gasteiger charge is -2.19. The Hall–Kier alpha value is -1.51. The highest BCUT2D eigenvalue weighted by atomic mass is 35.5. The van der Waals surface area contributed by atoms with Gasteiger partial charge in [0.2, 0.25) is 0 Å². The number of aliphatic hydroxyl groups excluding tert-OH is 1. The summed E-state index contributed by atoms with van der Waals surface area (Å²) in [7, 11) is 0. The molecule has 0 aromatic heterocycles. The highest BCUT2D eigenvalue weighted by molar-refractivity contribution is 6.30. The highest BCUT2D eigenvalue weighted by Gasteiger charge is 2.27. The van der Waals surface area contributed by atoms with Gasteiger partial charge in [-0.15, -0.1) is 0 Å². The molecule has 0 fully saturated rings. The zero-order valence-electron chi connectivity index (χ0n) is 9.81. The first kappa shape index (κ1) is 11.6. The van der Waals surface area contributed by atoms with E-state index in [-0.39, 0.29) is 6.04 Å². The largest absolute Gasteiger partial charge is 0.386 e. The van der Waals surface area contributed by atoms with Gasteiger partial charge in [0.25, 0.3) is 0 Å². The number of para-hydroxylation sites is 1. The highest BCUT2D eigenvalue weighted by Crippen LogP contribution is 2.31. The van der Waals surface area contributed by atoms with E-state index in [9.17, 15) is 5.11 Å². The van der Waals surface area contributed by atoms with Crippen LogP contribution >= 0.6 is 11.6 Å². The van der Waals surface area contributed by atoms with Crippen molar-refractivity contribution in [3.05, 3.63) is 64.7 Å². The number of hydrogen-bond acceptors (Lipinski definition) is 2. The standard InChI is InChI=1S/C15H14ClNO/c16-12-7-5-10(6-8-12)15(18)14-9-11-3-1-2-4-13(11)17-14/h1-8,14-15,17-18H,9H2. The predicted octanol–water partition coefficient (Wildman–Crippen LogP) is 3.41. The van der Waals surface area contributed by atoms with E-state index >= 15 is 0 Å². The maximum atomic E-state index is 10.4. The molecule has 3 heteroatoms. The van der Waals surface area contributed by atoms with Crippen molar-refractivity contribution in [2.45, 2.75) is 18.6 Å². The maximum Gasteiger partial charge on any atom is 0.0994 e. The third-order valence-electron chi connectivity index (χ3n) is 3.39. The first-order chi connectivity index (χ1) is 8.74. The molecule has 1 aliphatic heterocycles. The quantitative estimate of drug-likeness (QED) is 0.866. The fraction of sp³-hybridized carbons (Fsp3) is 0.200. The molecule has 1 heterocycles. The molecule has 0 aliphatic carbocycles. The molecule has 0 saturated carbocycles. The molecule has 2 unspecified atom stereocenters. The first-order valence-electron chi connectivity index (χ1n) is 6.02. The third-order valence-corrected chi connectivity index (χ3v) is 3.64. The molecule has 3 rings (SSSR count). The Kier molecular flexibility index (Phi) is 2.98. The van der Waals surface area contributed by atoms with Crippen LogP contribution in [-0.2, 0) is 6.42 Å². The summed E-state index contributed by atoms with van der Waals surface area (Å²) in [5, 5.41) is 14.4. The average molecular weight is 260 g/mol. The lowest BCUT2D eigenvalue weighted by Crippen LogP contribution is -2.24. The summed E-state index contributed by atoms with van der Waals surface area (Å²) in [6.07, 6.45) is 0.328. The molecule has 0 bridgehead atoms. The Balaban J connectivity index is 1.80. The van der Waals surface area contributed by atoms with E-state index in [0.29, 0.717) is 5.02 Å². The molecule has 92 valence electrons. The molecule has 0 radical (unpaired) electrons. The van der Waals surface area contributed by atoms with E-state index in [1.807, 2.05) is 42.5 Å². The second-order valence-electron chi connectivity index (χ2n) is 4.61. The van der Waals surface area contributed by atoms with E-state index in [2.05, 4.69) is 11.4 Å². The number of hydrogen-bond donors (Lipinski definition) is 2. The van der Waals surface area contributed by atoms with Gasteiger partial charge in [-0.3, -0.25) is 0 Å². The minimum Gasteiger partial charge on any atom is -0.386 e. The van der Waals surface area contributed by atoms with Crippen molar-refractivity contribution in [1.29, 1.82) is 0 Å². The minimum absolute atomic E-state index is 0.0311. The molecule has 1 aliphatic rings. The Morgan fingerprint density at radius 3 is 2.56 bits per heavy atom. The van der Waals surface area contributed by atoms with Crippen molar-refractivity contribution in [2.75, 3.05) is 5.32 Å². The Morgan fingerprint density at radius 1 is 1.11 bits per heavy atom. The van der Waals surface area contributed by atoms with Crippen molar-refractivity contribution >= 4 is 17.3 Å². The fourth-order valence-corrected chi connectivity index (χ4v) is 2.54. The van der Waals surface area contributed by atoms with Gasteiger partial charge in [-0.1, -0.05) is 41.9 Å². The number of anilines is 1. The lowest BCUT2D eigenvalue weighted by molar-refractivity contribution is 0.156. The zero-order valence-corrected chi connectivity index (χ0v) is 10.6. The smallest absolute Gasteiger partial charge is 0.0994 e.